The van der Waals surface area contributed by atoms with Gasteiger partial charge in [-0.1, -0.05) is 16.6 Å². The molecule has 1 saturated heterocycles. The van der Waals surface area contributed by atoms with Crippen molar-refractivity contribution < 1.29 is 18.7 Å². The molecule has 0 saturated carbocycles. The van der Waals surface area contributed by atoms with Crippen LogP contribution in [-0.2, 0) is 4.79 Å². The van der Waals surface area contributed by atoms with Crippen LogP contribution in [-0.4, -0.2) is 34.9 Å². The Morgan fingerprint density at radius 1 is 1.19 bits per heavy atom. The van der Waals surface area contributed by atoms with Gasteiger partial charge < -0.3 is 4.42 Å². The number of urea groups is 1. The molecule has 1 N–H and O–H groups in total. The molecule has 2 aromatic rings. The third kappa shape index (κ3) is 2.53. The summed E-state index contributed by atoms with van der Waals surface area (Å²) in [6.45, 7) is 3.64. The highest BCUT2D eigenvalue weighted by Gasteiger charge is 2.36. The van der Waals surface area contributed by atoms with Crippen molar-refractivity contribution in [2.75, 3.05) is 6.54 Å². The summed E-state index contributed by atoms with van der Waals surface area (Å²) in [5.41, 5.74) is 0.848. The van der Waals surface area contributed by atoms with Gasteiger partial charge >= 0.3 is 11.9 Å². The molecule has 1 aliphatic heterocycles. The molecule has 6 nitrogen and oxygen atoms in total. The largest absolute Gasteiger partial charge is 0.403 e. The molecule has 0 atom stereocenters. The van der Waals surface area contributed by atoms with Crippen LogP contribution < -0.4 is 5.32 Å². The van der Waals surface area contributed by atoms with Gasteiger partial charge in [-0.15, -0.1) is 0 Å². The predicted molar refractivity (Wildman–Crippen MR) is 76.4 cm³/mol. The normalized spacial score (nSPS) is 14.4. The molecule has 21 heavy (non-hydrogen) atoms. The molecule has 3 rings (SSSR count). The highest BCUT2D eigenvalue weighted by Crippen LogP contribution is 2.27. The van der Waals surface area contributed by atoms with Gasteiger partial charge in [-0.3, -0.25) is 10.1 Å². The van der Waals surface area contributed by atoms with E-state index in [1.165, 1.54) is 4.68 Å². The van der Waals surface area contributed by atoms with E-state index in [0.29, 0.717) is 16.7 Å². The summed E-state index contributed by atoms with van der Waals surface area (Å²) < 4.78 is 6.90. The van der Waals surface area contributed by atoms with Crippen molar-refractivity contribution in [3.8, 4) is 11.3 Å². The maximum Gasteiger partial charge on any atom is 0.402 e. The molecule has 0 unspecified atom stereocenters. The second-order valence-corrected chi connectivity index (χ2v) is 4.89. The zero-order valence-corrected chi connectivity index (χ0v) is 11.6. The van der Waals surface area contributed by atoms with Crippen LogP contribution in [0.5, 0.6) is 0 Å². The van der Waals surface area contributed by atoms with Gasteiger partial charge in [0.1, 0.15) is 5.76 Å². The van der Waals surface area contributed by atoms with E-state index >= 15 is 0 Å². The number of rotatable bonds is 3. The second kappa shape index (κ2) is 5.06. The van der Waals surface area contributed by atoms with Crippen LogP contribution in [0.1, 0.15) is 0 Å². The Morgan fingerprint density at radius 3 is 2.52 bits per heavy atom. The van der Waals surface area contributed by atoms with Crippen molar-refractivity contribution in [1.29, 1.82) is 0 Å². The lowest BCUT2D eigenvalue weighted by molar-refractivity contribution is -0.597. The Labute approximate surface area is 125 Å². The number of benzene rings is 1. The van der Waals surface area contributed by atoms with E-state index < -0.39 is 6.03 Å². The first-order chi connectivity index (χ1) is 10.0. The number of carbonyl (C=O) groups excluding carboxylic acids is 2. The smallest absolute Gasteiger partial charge is 0.402 e. The first-order valence-corrected chi connectivity index (χ1v) is 6.50. The average Bonchev–Trinajstić information content (AvgIpc) is 3.06. The first-order valence-electron chi connectivity index (χ1n) is 6.12. The van der Waals surface area contributed by atoms with Gasteiger partial charge in [0.05, 0.1) is 6.07 Å². The second-order valence-electron chi connectivity index (χ2n) is 4.46. The van der Waals surface area contributed by atoms with Crippen LogP contribution in [0.2, 0.25) is 5.02 Å². The fourth-order valence-electron chi connectivity index (χ4n) is 1.98. The van der Waals surface area contributed by atoms with Crippen LogP contribution in [0.15, 0.2) is 40.8 Å². The molecule has 1 aliphatic rings. The van der Waals surface area contributed by atoms with Crippen molar-refractivity contribution in [2.45, 2.75) is 0 Å². The monoisotopic (exact) mass is 304 g/mol. The third-order valence-corrected chi connectivity index (χ3v) is 3.29. The van der Waals surface area contributed by atoms with Crippen LogP contribution >= 0.6 is 11.6 Å². The lowest BCUT2D eigenvalue weighted by atomic mass is 10.2. The van der Waals surface area contributed by atoms with E-state index in [-0.39, 0.29) is 12.5 Å². The van der Waals surface area contributed by atoms with Crippen LogP contribution in [0, 0.1) is 0 Å². The molecular weight excluding hydrogens is 294 g/mol. The first kappa shape index (κ1) is 13.4. The number of nitrogens with one attached hydrogen (secondary N) is 1. The predicted octanol–water partition coefficient (Wildman–Crippen LogP) is 2.41. The van der Waals surface area contributed by atoms with E-state index in [4.69, 9.17) is 16.0 Å². The number of hydrazone groups is 1. The SMILES string of the molecule is C=[N+](c1ccc(-c2ccc(Cl)cc2)o1)N1CC(=O)NC1=O. The Balaban J connectivity index is 1.85. The van der Waals surface area contributed by atoms with E-state index in [9.17, 15) is 9.59 Å². The van der Waals surface area contributed by atoms with Crippen molar-refractivity contribution in [3.63, 3.8) is 0 Å². The summed E-state index contributed by atoms with van der Waals surface area (Å²) in [5.74, 6) is 0.587. The number of halogens is 1. The van der Waals surface area contributed by atoms with Crippen molar-refractivity contribution in [1.82, 2.24) is 10.3 Å². The summed E-state index contributed by atoms with van der Waals surface area (Å²) in [6.07, 6.45) is 0. The summed E-state index contributed by atoms with van der Waals surface area (Å²) in [7, 11) is 0. The lowest BCUT2D eigenvalue weighted by Crippen LogP contribution is -2.34. The lowest BCUT2D eigenvalue weighted by Gasteiger charge is -2.05. The fourth-order valence-corrected chi connectivity index (χ4v) is 2.11. The molecule has 0 radical (unpaired) electrons. The van der Waals surface area contributed by atoms with Crippen LogP contribution in [0.25, 0.3) is 11.3 Å². The quantitative estimate of drug-likeness (QED) is 0.538. The summed E-state index contributed by atoms with van der Waals surface area (Å²) >= 11 is 5.84. The number of carbonyl (C=O) groups is 2. The Kier molecular flexibility index (Phi) is 3.23. The van der Waals surface area contributed by atoms with Crippen molar-refractivity contribution in [3.05, 3.63) is 41.4 Å². The van der Waals surface area contributed by atoms with Gasteiger partial charge in [0, 0.05) is 10.6 Å². The maximum atomic E-state index is 11.6. The maximum absolute atomic E-state index is 11.6. The molecule has 2 heterocycles. The number of hydrogen-bond donors (Lipinski definition) is 1. The zero-order chi connectivity index (χ0) is 15.0. The van der Waals surface area contributed by atoms with Crippen LogP contribution in [0.3, 0.4) is 0 Å². The number of hydrogen-bond acceptors (Lipinski definition) is 3. The summed E-state index contributed by atoms with van der Waals surface area (Å²) in [4.78, 5) is 22.8. The number of amides is 3. The Morgan fingerprint density at radius 2 is 1.90 bits per heavy atom. The van der Waals surface area contributed by atoms with Gasteiger partial charge in [0.2, 0.25) is 0 Å². The van der Waals surface area contributed by atoms with Gasteiger partial charge in [0.15, 0.2) is 13.3 Å². The average molecular weight is 305 g/mol. The van der Waals surface area contributed by atoms with Gasteiger partial charge in [0.25, 0.3) is 5.91 Å². The van der Waals surface area contributed by atoms with E-state index in [2.05, 4.69) is 12.0 Å². The minimum atomic E-state index is -0.528. The standard InChI is InChI=1S/C14H10ClN3O3/c1-17(18-8-12(19)16-14(18)20)13-7-6-11(21-13)9-2-4-10(15)5-3-9/h2-7H,1,8H2/p+1. The Bertz CT molecular complexity index is 736. The topological polar surface area (TPSA) is 65.6 Å². The van der Waals surface area contributed by atoms with Gasteiger partial charge in [-0.25, -0.2) is 4.79 Å². The highest BCUT2D eigenvalue weighted by molar-refractivity contribution is 6.30. The van der Waals surface area contributed by atoms with E-state index in [0.717, 1.165) is 10.6 Å². The third-order valence-electron chi connectivity index (χ3n) is 3.04. The minimum Gasteiger partial charge on any atom is -0.403 e. The molecule has 1 fully saturated rings. The Hall–Kier alpha value is -2.60. The van der Waals surface area contributed by atoms with Crippen molar-refractivity contribution >= 4 is 36.1 Å². The summed E-state index contributed by atoms with van der Waals surface area (Å²) in [6, 6.07) is 10.1. The van der Waals surface area contributed by atoms with Gasteiger partial charge in [-0.2, -0.15) is 0 Å². The number of nitrogens with zero attached hydrogens (tertiary/aromatic N) is 2. The number of furan rings is 1. The number of imide groups is 1. The fraction of sp³-hybridized carbons (Fsp3) is 0.0714. The molecule has 1 aromatic carbocycles. The molecule has 3 amide bonds. The van der Waals surface area contributed by atoms with E-state index in [1.807, 2.05) is 12.1 Å². The van der Waals surface area contributed by atoms with E-state index in [1.54, 1.807) is 24.3 Å². The molecule has 7 heteroatoms. The molecule has 0 spiro atoms. The minimum absolute atomic E-state index is 0.0840. The summed E-state index contributed by atoms with van der Waals surface area (Å²) in [5, 5.41) is 3.97. The van der Waals surface area contributed by atoms with Crippen molar-refractivity contribution in [2.24, 2.45) is 0 Å². The van der Waals surface area contributed by atoms with Crippen LogP contribution in [0.4, 0.5) is 10.7 Å². The molecular formula is C14H11ClN3O3+. The highest BCUT2D eigenvalue weighted by atomic mass is 35.5. The molecule has 0 aliphatic carbocycles. The number of hydrazine groups is 1. The van der Waals surface area contributed by atoms with Gasteiger partial charge in [-0.05, 0) is 35.0 Å². The zero-order valence-electron chi connectivity index (χ0n) is 10.9. The molecule has 1 aromatic heterocycles. The molecule has 106 valence electrons. The molecule has 0 bridgehead atoms.